The van der Waals surface area contributed by atoms with Gasteiger partial charge in [-0.2, -0.15) is 4.98 Å². The molecule has 1 aliphatic heterocycles. The maximum atomic E-state index is 12.5. The van der Waals surface area contributed by atoms with Crippen LogP contribution in [-0.4, -0.2) is 70.3 Å². The third kappa shape index (κ3) is 4.83. The van der Waals surface area contributed by atoms with E-state index >= 15 is 0 Å². The smallest absolute Gasteiger partial charge is 0.412 e. The van der Waals surface area contributed by atoms with Crippen molar-refractivity contribution < 1.29 is 34.0 Å². The fourth-order valence-corrected chi connectivity index (χ4v) is 3.87. The van der Waals surface area contributed by atoms with Gasteiger partial charge in [0.15, 0.2) is 13.9 Å². The topological polar surface area (TPSA) is 152 Å². The van der Waals surface area contributed by atoms with Crippen LogP contribution >= 0.6 is 0 Å². The molecule has 1 amide bonds. The zero-order valence-electron chi connectivity index (χ0n) is 19.0. The fraction of sp³-hybridized carbons (Fsp3) is 0.737. The van der Waals surface area contributed by atoms with Gasteiger partial charge in [-0.1, -0.05) is 20.8 Å². The Hall–Kier alpha value is -1.83. The maximum absolute atomic E-state index is 12.5. The molecule has 1 fully saturated rings. The van der Waals surface area contributed by atoms with Crippen LogP contribution < -0.4 is 11.0 Å². The van der Waals surface area contributed by atoms with E-state index in [2.05, 4.69) is 31.1 Å². The normalized spacial score (nSPS) is 29.1. The molecule has 11 nitrogen and oxygen atoms in total. The number of ether oxygens (including phenoxy) is 2. The Balaban J connectivity index is 2.28. The minimum Gasteiger partial charge on any atom is -0.450 e. The van der Waals surface area contributed by atoms with Crippen molar-refractivity contribution in [3.63, 3.8) is 0 Å². The number of carbonyl (C=O) groups excluding carboxylic acids is 1. The van der Waals surface area contributed by atoms with Crippen molar-refractivity contribution in [1.82, 2.24) is 9.55 Å². The molecule has 4 N–H and O–H groups in total. The van der Waals surface area contributed by atoms with Gasteiger partial charge >= 0.3 is 11.8 Å². The lowest BCUT2D eigenvalue weighted by Crippen LogP contribution is -2.58. The second-order valence-corrected chi connectivity index (χ2v) is 14.0. The molecule has 1 saturated heterocycles. The number of rotatable bonds is 6. The molecule has 0 aromatic carbocycles. The molecular formula is C19H33N3O8Si. The molecule has 1 aromatic rings. The van der Waals surface area contributed by atoms with E-state index in [0.29, 0.717) is 4.57 Å². The molecule has 2 heterocycles. The van der Waals surface area contributed by atoms with Crippen molar-refractivity contribution >= 4 is 20.2 Å². The zero-order valence-corrected chi connectivity index (χ0v) is 20.0. The molecule has 0 unspecified atom stereocenters. The second kappa shape index (κ2) is 8.60. The van der Waals surface area contributed by atoms with E-state index in [1.54, 1.807) is 6.92 Å². The van der Waals surface area contributed by atoms with Gasteiger partial charge in [0.25, 0.3) is 5.91 Å². The minimum absolute atomic E-state index is 0.0825. The summed E-state index contributed by atoms with van der Waals surface area (Å²) >= 11 is 0. The van der Waals surface area contributed by atoms with Gasteiger partial charge < -0.3 is 29.2 Å². The highest BCUT2D eigenvalue weighted by atomic mass is 28.4. The first kappa shape index (κ1) is 25.4. The molecule has 2 rings (SSSR count). The van der Waals surface area contributed by atoms with Crippen molar-refractivity contribution in [1.29, 1.82) is 0 Å². The lowest BCUT2D eigenvalue weighted by Gasteiger charge is -2.37. The van der Waals surface area contributed by atoms with Crippen molar-refractivity contribution in [2.45, 2.75) is 76.5 Å². The zero-order chi connectivity index (χ0) is 23.8. The Morgan fingerprint density at radius 1 is 1.39 bits per heavy atom. The molecule has 0 radical (unpaired) electrons. The van der Waals surface area contributed by atoms with Crippen LogP contribution in [0.1, 0.15) is 34.6 Å². The summed E-state index contributed by atoms with van der Waals surface area (Å²) in [7, 11) is -2.20. The summed E-state index contributed by atoms with van der Waals surface area (Å²) in [5, 5.41) is 34.7. The molecule has 0 spiro atoms. The SMILES string of the molecule is CCOC(=O)Nc1ccn([C@]2(O)O[C@H](CO[Si](C)(C)C(C)(C)C)[C@@H](O)[C@@]2(C)O)c(=O)n1. The predicted molar refractivity (Wildman–Crippen MR) is 114 cm³/mol. The standard InChI is InChI=1S/C19H33N3O8Si/c1-8-28-16(25)21-13-9-10-22(15(24)20-13)19(27)18(5,26)14(23)12(30-19)11-29-31(6,7)17(2,3)4/h9-10,12,14,23,26-27H,8,11H2,1-7H3,(H,20,21,24,25)/t12-,14-,18-,19-/m1/s1. The number of carbonyl (C=O) groups is 1. The largest absolute Gasteiger partial charge is 0.450 e. The van der Waals surface area contributed by atoms with E-state index in [1.807, 2.05) is 13.1 Å². The monoisotopic (exact) mass is 459 g/mol. The number of anilines is 1. The third-order valence-electron chi connectivity index (χ3n) is 5.95. The molecule has 1 aliphatic rings. The first-order valence-corrected chi connectivity index (χ1v) is 13.0. The van der Waals surface area contributed by atoms with Crippen LogP contribution in [0.25, 0.3) is 0 Å². The summed E-state index contributed by atoms with van der Waals surface area (Å²) in [5.74, 6) is -2.72. The van der Waals surface area contributed by atoms with E-state index in [0.717, 1.165) is 13.1 Å². The molecule has 0 aliphatic carbocycles. The van der Waals surface area contributed by atoms with Crippen molar-refractivity contribution in [3.05, 3.63) is 22.7 Å². The van der Waals surface area contributed by atoms with E-state index in [9.17, 15) is 24.9 Å². The van der Waals surface area contributed by atoms with Crippen LogP contribution in [0.3, 0.4) is 0 Å². The van der Waals surface area contributed by atoms with E-state index in [1.165, 1.54) is 6.07 Å². The average molecular weight is 460 g/mol. The maximum Gasteiger partial charge on any atom is 0.412 e. The highest BCUT2D eigenvalue weighted by Gasteiger charge is 2.64. The van der Waals surface area contributed by atoms with Crippen LogP contribution in [-0.2, 0) is 19.8 Å². The van der Waals surface area contributed by atoms with Gasteiger partial charge in [-0.3, -0.25) is 5.32 Å². The molecule has 176 valence electrons. The van der Waals surface area contributed by atoms with Crippen LogP contribution in [0.4, 0.5) is 10.6 Å². The Labute approximate surface area is 182 Å². The van der Waals surface area contributed by atoms with Gasteiger partial charge in [0.1, 0.15) is 18.0 Å². The summed E-state index contributed by atoms with van der Waals surface area (Å²) in [5.41, 5.74) is -3.27. The highest BCUT2D eigenvalue weighted by molar-refractivity contribution is 6.74. The van der Waals surface area contributed by atoms with E-state index in [4.69, 9.17) is 13.9 Å². The number of nitrogens with one attached hydrogen (secondary N) is 1. The number of aliphatic hydroxyl groups excluding tert-OH is 1. The summed E-state index contributed by atoms with van der Waals surface area (Å²) in [6.45, 7) is 13.0. The number of aliphatic hydroxyl groups is 3. The number of hydrogen-bond acceptors (Lipinski definition) is 9. The molecule has 0 bridgehead atoms. The minimum atomic E-state index is -2.61. The van der Waals surface area contributed by atoms with Crippen LogP contribution in [0.2, 0.25) is 18.1 Å². The van der Waals surface area contributed by atoms with Crippen molar-refractivity contribution in [3.8, 4) is 0 Å². The molecule has 31 heavy (non-hydrogen) atoms. The van der Waals surface area contributed by atoms with Gasteiger partial charge in [0.2, 0.25) is 0 Å². The summed E-state index contributed by atoms with van der Waals surface area (Å²) in [4.78, 5) is 27.7. The first-order chi connectivity index (χ1) is 14.1. The third-order valence-corrected chi connectivity index (χ3v) is 10.5. The van der Waals surface area contributed by atoms with Crippen molar-refractivity contribution in [2.75, 3.05) is 18.5 Å². The predicted octanol–water partition coefficient (Wildman–Crippen LogP) is 0.947. The van der Waals surface area contributed by atoms with Gasteiger partial charge in [-0.25, -0.2) is 14.2 Å². The molecule has 4 atom stereocenters. The van der Waals surface area contributed by atoms with Crippen LogP contribution in [0.5, 0.6) is 0 Å². The lowest BCUT2D eigenvalue weighted by atomic mass is 9.94. The highest BCUT2D eigenvalue weighted by Crippen LogP contribution is 2.42. The summed E-state index contributed by atoms with van der Waals surface area (Å²) in [6.07, 6.45) is -2.35. The Morgan fingerprint density at radius 2 is 2.00 bits per heavy atom. The molecular weight excluding hydrogens is 426 g/mol. The second-order valence-electron chi connectivity index (χ2n) is 9.24. The number of hydrogen-bond donors (Lipinski definition) is 4. The van der Waals surface area contributed by atoms with E-state index in [-0.39, 0.29) is 24.1 Å². The number of aromatic nitrogens is 2. The molecule has 0 saturated carbocycles. The quantitative estimate of drug-likeness (QED) is 0.455. The molecule has 12 heteroatoms. The Kier molecular flexibility index (Phi) is 7.05. The molecule has 1 aromatic heterocycles. The summed E-state index contributed by atoms with van der Waals surface area (Å²) < 4.78 is 17.0. The van der Waals surface area contributed by atoms with Crippen LogP contribution in [0, 0.1) is 0 Å². The lowest BCUT2D eigenvalue weighted by molar-refractivity contribution is -0.321. The summed E-state index contributed by atoms with van der Waals surface area (Å²) in [6, 6.07) is 1.22. The number of amides is 1. The van der Waals surface area contributed by atoms with Gasteiger partial charge in [-0.05, 0) is 38.0 Å². The Bertz CT molecular complexity index is 866. The van der Waals surface area contributed by atoms with Gasteiger partial charge in [0, 0.05) is 6.20 Å². The van der Waals surface area contributed by atoms with Crippen molar-refractivity contribution in [2.24, 2.45) is 0 Å². The van der Waals surface area contributed by atoms with E-state index < -0.39 is 43.8 Å². The number of nitrogens with zero attached hydrogens (tertiary/aromatic N) is 2. The van der Waals surface area contributed by atoms with Gasteiger partial charge in [0.05, 0.1) is 13.2 Å². The van der Waals surface area contributed by atoms with Crippen LogP contribution in [0.15, 0.2) is 17.1 Å². The Morgan fingerprint density at radius 3 is 2.52 bits per heavy atom. The average Bonchev–Trinajstić information content (AvgIpc) is 2.80. The first-order valence-electron chi connectivity index (χ1n) is 10.1. The van der Waals surface area contributed by atoms with Gasteiger partial charge in [-0.15, -0.1) is 0 Å². The fourth-order valence-electron chi connectivity index (χ4n) is 2.86.